The molecule has 6 nitrogen and oxygen atoms in total. The van der Waals surface area contributed by atoms with E-state index in [0.29, 0.717) is 18.5 Å². The van der Waals surface area contributed by atoms with Gasteiger partial charge in [-0.1, -0.05) is 31.2 Å². The summed E-state index contributed by atoms with van der Waals surface area (Å²) in [6.45, 7) is 5.66. The van der Waals surface area contributed by atoms with Crippen molar-refractivity contribution >= 4 is 17.4 Å². The minimum absolute atomic E-state index is 0.147. The number of carbonyl (C=O) groups is 2. The van der Waals surface area contributed by atoms with Crippen LogP contribution in [0.3, 0.4) is 0 Å². The van der Waals surface area contributed by atoms with Crippen molar-refractivity contribution in [2.45, 2.75) is 50.9 Å². The highest BCUT2D eigenvalue weighted by molar-refractivity contribution is 6.01. The van der Waals surface area contributed by atoms with E-state index in [2.05, 4.69) is 5.48 Å². The Hall–Kier alpha value is -2.44. The van der Waals surface area contributed by atoms with Gasteiger partial charge >= 0.3 is 5.97 Å². The quantitative estimate of drug-likeness (QED) is 0.711. The van der Waals surface area contributed by atoms with Crippen molar-refractivity contribution in [2.75, 3.05) is 0 Å². The Bertz CT molecular complexity index is 983. The number of aryl methyl sites for hydroxylation is 1. The number of benzene rings is 1. The van der Waals surface area contributed by atoms with E-state index in [0.717, 1.165) is 11.1 Å². The molecule has 1 aromatic rings. The normalized spacial score (nSPS) is 42.9. The van der Waals surface area contributed by atoms with Gasteiger partial charge in [0.2, 0.25) is 5.60 Å². The molecular formula is C23H25NO5. The first-order valence-corrected chi connectivity index (χ1v) is 10.1. The van der Waals surface area contributed by atoms with Crippen LogP contribution < -0.4 is 5.48 Å². The topological polar surface area (TPSA) is 84.9 Å². The smallest absolute Gasteiger partial charge is 0.346 e. The van der Waals surface area contributed by atoms with E-state index in [4.69, 9.17) is 9.57 Å². The average molecular weight is 395 g/mol. The van der Waals surface area contributed by atoms with Crippen molar-refractivity contribution in [3.05, 3.63) is 53.6 Å². The fraction of sp³-hybridized carbons (Fsp3) is 0.478. The number of hydroxylamine groups is 1. The first kappa shape index (κ1) is 18.6. The summed E-state index contributed by atoms with van der Waals surface area (Å²) in [6, 6.07) is 7.85. The lowest BCUT2D eigenvalue weighted by molar-refractivity contribution is -0.169. The summed E-state index contributed by atoms with van der Waals surface area (Å²) in [5, 5.41) is 11.4. The fourth-order valence-corrected chi connectivity index (χ4v) is 5.70. The standard InChI is InChI=1S/C23H25NO5/c1-13-6-4-5-7-15(13)17-12-22(29-24-17)16-9-8-14(2)23(27)11-10-18(25)21(23,3)19(16)28-20(22)26/h4-7,10-12,14,16,19,24,27H,8-9H2,1-3H3/t14-,16+,19+,21-,22?,23+/m0/s1. The predicted molar refractivity (Wildman–Crippen MR) is 105 cm³/mol. The zero-order valence-corrected chi connectivity index (χ0v) is 16.8. The summed E-state index contributed by atoms with van der Waals surface area (Å²) in [5.41, 5.74) is 1.78. The van der Waals surface area contributed by atoms with Crippen molar-refractivity contribution in [2.24, 2.45) is 17.3 Å². The third-order valence-electron chi connectivity index (χ3n) is 7.66. The number of ketones is 1. The van der Waals surface area contributed by atoms with Crippen molar-refractivity contribution in [3.8, 4) is 0 Å². The van der Waals surface area contributed by atoms with Crippen LogP contribution in [0.2, 0.25) is 0 Å². The van der Waals surface area contributed by atoms with Crippen LogP contribution in [-0.4, -0.2) is 34.2 Å². The molecule has 2 N–H and O–H groups in total. The number of carbonyl (C=O) groups excluding carboxylic acids is 2. The van der Waals surface area contributed by atoms with Gasteiger partial charge in [-0.25, -0.2) is 4.79 Å². The molecule has 2 fully saturated rings. The largest absolute Gasteiger partial charge is 0.458 e. The minimum Gasteiger partial charge on any atom is -0.458 e. The second-order valence-corrected chi connectivity index (χ2v) is 9.01. The number of nitrogens with one attached hydrogen (secondary N) is 1. The maximum absolute atomic E-state index is 13.1. The van der Waals surface area contributed by atoms with Crippen molar-refractivity contribution in [3.63, 3.8) is 0 Å². The summed E-state index contributed by atoms with van der Waals surface area (Å²) in [7, 11) is 0. The Kier molecular flexibility index (Phi) is 3.72. The first-order chi connectivity index (χ1) is 13.7. The summed E-state index contributed by atoms with van der Waals surface area (Å²) in [5.74, 6) is -1.25. The summed E-state index contributed by atoms with van der Waals surface area (Å²) >= 11 is 0. The summed E-state index contributed by atoms with van der Waals surface area (Å²) < 4.78 is 5.83. The van der Waals surface area contributed by atoms with E-state index < -0.39 is 28.7 Å². The zero-order valence-electron chi connectivity index (χ0n) is 16.8. The molecule has 0 amide bonds. The highest BCUT2D eigenvalue weighted by Gasteiger charge is 2.72. The molecular weight excluding hydrogens is 370 g/mol. The van der Waals surface area contributed by atoms with Gasteiger partial charge in [-0.3, -0.25) is 15.1 Å². The molecule has 0 bridgehead atoms. The number of allylic oxidation sites excluding steroid dienone is 1. The van der Waals surface area contributed by atoms with Crippen LogP contribution in [0.1, 0.15) is 37.8 Å². The molecule has 4 aliphatic rings. The zero-order chi connectivity index (χ0) is 20.6. The number of hydrogen-bond donors (Lipinski definition) is 2. The van der Waals surface area contributed by atoms with Gasteiger partial charge in [0.1, 0.15) is 11.7 Å². The Morgan fingerprint density at radius 1 is 1.21 bits per heavy atom. The van der Waals surface area contributed by atoms with E-state index in [-0.39, 0.29) is 17.6 Å². The van der Waals surface area contributed by atoms with E-state index >= 15 is 0 Å². The van der Waals surface area contributed by atoms with Gasteiger partial charge in [-0.15, -0.1) is 0 Å². The second kappa shape index (κ2) is 5.80. The molecule has 0 aromatic heterocycles. The van der Waals surface area contributed by atoms with E-state index in [1.54, 1.807) is 19.1 Å². The van der Waals surface area contributed by atoms with Crippen LogP contribution in [0.5, 0.6) is 0 Å². The SMILES string of the molecule is Cc1ccccc1C1=CC2(ON1)C(=O)O[C@@H]1[C@H]2CC[C@H](C)[C@]2(O)C=CC(=O)[C@@]12C. The molecule has 6 heteroatoms. The molecule has 0 radical (unpaired) electrons. The van der Waals surface area contributed by atoms with Crippen LogP contribution in [0, 0.1) is 24.2 Å². The average Bonchev–Trinajstić information content (AvgIpc) is 3.31. The van der Waals surface area contributed by atoms with Crippen molar-refractivity contribution in [1.82, 2.24) is 5.48 Å². The lowest BCUT2D eigenvalue weighted by atomic mass is 9.64. The fourth-order valence-electron chi connectivity index (χ4n) is 5.70. The number of aliphatic hydroxyl groups is 1. The van der Waals surface area contributed by atoms with Gasteiger partial charge in [-0.05, 0) is 56.4 Å². The monoisotopic (exact) mass is 395 g/mol. The Morgan fingerprint density at radius 3 is 2.72 bits per heavy atom. The maximum Gasteiger partial charge on any atom is 0.346 e. The predicted octanol–water partition coefficient (Wildman–Crippen LogP) is 2.46. The summed E-state index contributed by atoms with van der Waals surface area (Å²) in [6.07, 6.45) is 5.31. The van der Waals surface area contributed by atoms with Crippen molar-refractivity contribution in [1.29, 1.82) is 0 Å². The highest BCUT2D eigenvalue weighted by Crippen LogP contribution is 2.59. The van der Waals surface area contributed by atoms with Crippen LogP contribution >= 0.6 is 0 Å². The van der Waals surface area contributed by atoms with Gasteiger partial charge in [-0.2, -0.15) is 0 Å². The molecule has 6 atom stereocenters. The maximum atomic E-state index is 13.1. The lowest BCUT2D eigenvalue weighted by Gasteiger charge is -2.43. The number of hydrogen-bond acceptors (Lipinski definition) is 6. The second-order valence-electron chi connectivity index (χ2n) is 9.01. The summed E-state index contributed by atoms with van der Waals surface area (Å²) in [4.78, 5) is 32.0. The molecule has 5 rings (SSSR count). The molecule has 152 valence electrons. The van der Waals surface area contributed by atoms with Gasteiger partial charge in [0.25, 0.3) is 0 Å². The highest BCUT2D eigenvalue weighted by atomic mass is 16.7. The van der Waals surface area contributed by atoms with Crippen molar-refractivity contribution < 1.29 is 24.3 Å². The van der Waals surface area contributed by atoms with Gasteiger partial charge < -0.3 is 9.84 Å². The van der Waals surface area contributed by atoms with Gasteiger partial charge in [0.05, 0.1) is 11.1 Å². The van der Waals surface area contributed by atoms with Crippen LogP contribution in [0.25, 0.3) is 5.70 Å². The van der Waals surface area contributed by atoms with E-state index in [1.165, 1.54) is 6.08 Å². The molecule has 2 aliphatic heterocycles. The molecule has 1 saturated carbocycles. The number of esters is 1. The van der Waals surface area contributed by atoms with Crippen LogP contribution in [0.4, 0.5) is 0 Å². The third kappa shape index (κ3) is 2.13. The number of rotatable bonds is 1. The van der Waals surface area contributed by atoms with Crippen LogP contribution in [-0.2, 0) is 19.2 Å². The Balaban J connectivity index is 1.61. The molecule has 2 aliphatic carbocycles. The molecule has 2 heterocycles. The molecule has 1 spiro atoms. The Morgan fingerprint density at radius 2 is 1.97 bits per heavy atom. The lowest BCUT2D eigenvalue weighted by Crippen LogP contribution is -2.57. The van der Waals surface area contributed by atoms with Crippen LogP contribution in [0.15, 0.2) is 42.5 Å². The van der Waals surface area contributed by atoms with E-state index in [1.807, 2.05) is 38.1 Å². The number of ether oxygens (including phenoxy) is 1. The minimum atomic E-state index is -1.34. The van der Waals surface area contributed by atoms with E-state index in [9.17, 15) is 14.7 Å². The van der Waals surface area contributed by atoms with Gasteiger partial charge in [0, 0.05) is 11.5 Å². The Labute approximate surface area is 169 Å². The molecule has 1 saturated heterocycles. The molecule has 1 unspecified atom stereocenters. The van der Waals surface area contributed by atoms with Gasteiger partial charge in [0.15, 0.2) is 5.78 Å². The third-order valence-corrected chi connectivity index (χ3v) is 7.66. The first-order valence-electron chi connectivity index (χ1n) is 10.1. The number of fused-ring (bicyclic) bond motifs is 4. The molecule has 1 aromatic carbocycles. The molecule has 29 heavy (non-hydrogen) atoms.